The lowest BCUT2D eigenvalue weighted by Gasteiger charge is -2.57. The Kier molecular flexibility index (Phi) is 15.0. The second kappa shape index (κ2) is 18.2. The van der Waals surface area contributed by atoms with Crippen LogP contribution < -0.4 is 4.74 Å². The molecule has 0 spiro atoms. The van der Waals surface area contributed by atoms with E-state index in [0.717, 1.165) is 33.8 Å². The average Bonchev–Trinajstić information content (AvgIpc) is 3.38. The minimum absolute atomic E-state index is 0.0322. The number of rotatable bonds is 16. The number of hydrogen-bond donors (Lipinski definition) is 0. The molecule has 0 aliphatic carbocycles. The molecule has 1 aliphatic rings. The minimum Gasteiger partial charge on any atom is -0.481 e. The minimum atomic E-state index is -3.57. The molecular weight excluding hydrogens is 761 g/mol. The van der Waals surface area contributed by atoms with E-state index in [-0.39, 0.29) is 42.8 Å². The van der Waals surface area contributed by atoms with Crippen LogP contribution in [0.5, 0.6) is 5.75 Å². The van der Waals surface area contributed by atoms with Gasteiger partial charge < -0.3 is 32.6 Å². The number of ether oxygens (including phenoxy) is 4. The number of esters is 1. The Labute approximate surface area is 342 Å². The van der Waals surface area contributed by atoms with E-state index in [1.807, 2.05) is 45.9 Å². The summed E-state index contributed by atoms with van der Waals surface area (Å²) in [4.78, 5) is 13.2. The second-order valence-corrected chi connectivity index (χ2v) is 27.0. The van der Waals surface area contributed by atoms with Gasteiger partial charge in [0.15, 0.2) is 12.1 Å². The molecule has 1 aliphatic heterocycles. The van der Waals surface area contributed by atoms with Gasteiger partial charge in [0.1, 0.15) is 11.6 Å². The fraction of sp³-hybridized carbons (Fsp3) is 0.622. The summed E-state index contributed by atoms with van der Waals surface area (Å²) < 4.78 is 67.6. The standard InChI is InChI=1S/C45H69FNO8PSi/c1-30(2)47-39-22-20-35(51-29-56(49,54-31(3)4)55-32(5)6)27-38(39)42(33-16-18-34(46)19-17-33)40(47)23-21-36-26-37(28-41(48)50-24-25-57(13,14)15)53-45(52-36,43(7,8)9)44(10,11)12/h16-23,27,30-32,36-37H,24-26,28-29H2,1-15H3/t36-,37-/m1/s1. The Morgan fingerprint density at radius 2 is 1.54 bits per heavy atom. The van der Waals surface area contributed by atoms with Crippen molar-refractivity contribution in [2.24, 2.45) is 10.8 Å². The predicted octanol–water partition coefficient (Wildman–Crippen LogP) is 12.7. The first-order valence-electron chi connectivity index (χ1n) is 20.5. The second-order valence-electron chi connectivity index (χ2n) is 19.4. The highest BCUT2D eigenvalue weighted by Gasteiger charge is 2.57. The zero-order valence-electron chi connectivity index (χ0n) is 37.2. The number of aromatic nitrogens is 1. The van der Waals surface area contributed by atoms with E-state index in [9.17, 15) is 13.8 Å². The van der Waals surface area contributed by atoms with Gasteiger partial charge in [-0.25, -0.2) is 4.39 Å². The van der Waals surface area contributed by atoms with Gasteiger partial charge in [-0.15, -0.1) is 0 Å². The average molecular weight is 830 g/mol. The van der Waals surface area contributed by atoms with Crippen LogP contribution >= 0.6 is 7.60 Å². The molecule has 12 heteroatoms. The lowest BCUT2D eigenvalue weighted by Crippen LogP contribution is -2.63. The van der Waals surface area contributed by atoms with Crippen LogP contribution in [0.3, 0.4) is 0 Å². The Morgan fingerprint density at radius 1 is 0.947 bits per heavy atom. The molecule has 318 valence electrons. The molecule has 2 aromatic carbocycles. The first-order chi connectivity index (χ1) is 26.2. The van der Waals surface area contributed by atoms with Crippen LogP contribution in [0.2, 0.25) is 25.7 Å². The summed E-state index contributed by atoms with van der Waals surface area (Å²) in [6.45, 7) is 31.4. The van der Waals surface area contributed by atoms with Crippen molar-refractivity contribution in [3.8, 4) is 16.9 Å². The van der Waals surface area contributed by atoms with Crippen molar-refractivity contribution in [3.05, 3.63) is 60.1 Å². The predicted molar refractivity (Wildman–Crippen MR) is 232 cm³/mol. The van der Waals surface area contributed by atoms with Crippen LogP contribution in [0.25, 0.3) is 28.1 Å². The molecule has 1 aromatic heterocycles. The molecule has 0 N–H and O–H groups in total. The number of carbonyl (C=O) groups excluding carboxylic acids is 1. The van der Waals surface area contributed by atoms with E-state index in [1.54, 1.807) is 12.1 Å². The number of halogens is 1. The van der Waals surface area contributed by atoms with E-state index in [2.05, 4.69) is 91.8 Å². The molecule has 0 unspecified atom stereocenters. The summed E-state index contributed by atoms with van der Waals surface area (Å²) in [5, 5.41) is 0.877. The molecule has 57 heavy (non-hydrogen) atoms. The molecule has 4 rings (SSSR count). The fourth-order valence-electron chi connectivity index (χ4n) is 7.75. The maximum absolute atomic E-state index is 14.4. The molecule has 9 nitrogen and oxygen atoms in total. The Morgan fingerprint density at radius 3 is 2.07 bits per heavy atom. The molecule has 1 saturated heterocycles. The molecule has 1 fully saturated rings. The molecule has 3 aromatic rings. The Balaban J connectivity index is 1.82. The van der Waals surface area contributed by atoms with E-state index >= 15 is 0 Å². The number of carbonyl (C=O) groups is 1. The van der Waals surface area contributed by atoms with Crippen LogP contribution in [0.15, 0.2) is 48.5 Å². The number of hydrogen-bond acceptors (Lipinski definition) is 8. The third-order valence-electron chi connectivity index (χ3n) is 9.89. The van der Waals surface area contributed by atoms with Crippen molar-refractivity contribution in [2.75, 3.05) is 13.0 Å². The van der Waals surface area contributed by atoms with Crippen molar-refractivity contribution < 1.29 is 41.7 Å². The SMILES string of the molecule is CC(C)OP(=O)(COc1ccc2c(c1)c(-c1ccc(F)cc1)c(C=C[C@@H]1C[C@H](CC(=O)OCC[Si](C)(C)C)OC(C(C)(C)C)(C(C)(C)C)O1)n2C(C)C)OC(C)C. The summed E-state index contributed by atoms with van der Waals surface area (Å²) in [5.74, 6) is -1.14. The monoisotopic (exact) mass is 829 g/mol. The van der Waals surface area contributed by atoms with Crippen LogP contribution in [-0.2, 0) is 32.6 Å². The zero-order valence-corrected chi connectivity index (χ0v) is 39.1. The molecule has 2 atom stereocenters. The Bertz CT molecular complexity index is 1870. The van der Waals surface area contributed by atoms with Gasteiger partial charge in [0.25, 0.3) is 0 Å². The van der Waals surface area contributed by atoms with E-state index in [1.165, 1.54) is 12.1 Å². The highest BCUT2D eigenvalue weighted by Crippen LogP contribution is 2.53. The first kappa shape index (κ1) is 46.9. The summed E-state index contributed by atoms with van der Waals surface area (Å²) in [6, 6.07) is 13.2. The molecule has 0 saturated carbocycles. The van der Waals surface area contributed by atoms with Crippen LogP contribution in [0, 0.1) is 16.6 Å². The van der Waals surface area contributed by atoms with Gasteiger partial charge in [0, 0.05) is 53.5 Å². The van der Waals surface area contributed by atoms with E-state index < -0.39 is 44.5 Å². The molecular formula is C45H69FNO8PSi. The van der Waals surface area contributed by atoms with E-state index in [4.69, 9.17) is 28.0 Å². The Hall–Kier alpha value is -2.79. The maximum atomic E-state index is 14.4. The highest BCUT2D eigenvalue weighted by atomic mass is 31.2. The summed E-state index contributed by atoms with van der Waals surface area (Å²) in [5.41, 5.74) is 2.64. The largest absolute Gasteiger partial charge is 0.481 e. The first-order valence-corrected chi connectivity index (χ1v) is 25.9. The highest BCUT2D eigenvalue weighted by molar-refractivity contribution is 7.53. The molecule has 0 radical (unpaired) electrons. The number of nitrogens with zero attached hydrogens (tertiary/aromatic N) is 1. The topological polar surface area (TPSA) is 94.5 Å². The lowest BCUT2D eigenvalue weighted by molar-refractivity contribution is -0.389. The quantitative estimate of drug-likeness (QED) is 0.0800. The normalized spacial score (nSPS) is 18.4. The van der Waals surface area contributed by atoms with Crippen LogP contribution in [-0.4, -0.2) is 61.8 Å². The van der Waals surface area contributed by atoms with Crippen molar-refractivity contribution in [3.63, 3.8) is 0 Å². The molecule has 2 heterocycles. The van der Waals surface area contributed by atoms with Crippen molar-refractivity contribution in [1.29, 1.82) is 0 Å². The van der Waals surface area contributed by atoms with Gasteiger partial charge in [-0.2, -0.15) is 0 Å². The van der Waals surface area contributed by atoms with Gasteiger partial charge in [0.2, 0.25) is 0 Å². The fourth-order valence-corrected chi connectivity index (χ4v) is 10.2. The van der Waals surface area contributed by atoms with Gasteiger partial charge in [-0.1, -0.05) is 79.4 Å². The van der Waals surface area contributed by atoms with Gasteiger partial charge in [-0.3, -0.25) is 9.36 Å². The smallest absolute Gasteiger partial charge is 0.368 e. The number of fused-ring (bicyclic) bond motifs is 1. The summed E-state index contributed by atoms with van der Waals surface area (Å²) in [7, 11) is -4.95. The van der Waals surface area contributed by atoms with Gasteiger partial charge >= 0.3 is 13.6 Å². The zero-order chi connectivity index (χ0) is 42.7. The molecule has 0 amide bonds. The van der Waals surface area contributed by atoms with E-state index in [0.29, 0.717) is 18.8 Å². The summed E-state index contributed by atoms with van der Waals surface area (Å²) in [6.07, 6.45) is 2.99. The van der Waals surface area contributed by atoms with Crippen molar-refractivity contribution >= 4 is 38.6 Å². The third kappa shape index (κ3) is 11.9. The van der Waals surface area contributed by atoms with Crippen LogP contribution in [0.1, 0.15) is 108 Å². The lowest BCUT2D eigenvalue weighted by atomic mass is 9.69. The van der Waals surface area contributed by atoms with Gasteiger partial charge in [-0.05, 0) is 89.6 Å². The van der Waals surface area contributed by atoms with Crippen LogP contribution in [0.4, 0.5) is 4.39 Å². The molecule has 0 bridgehead atoms. The van der Waals surface area contributed by atoms with Gasteiger partial charge in [0.05, 0.1) is 37.4 Å². The summed E-state index contributed by atoms with van der Waals surface area (Å²) >= 11 is 0. The van der Waals surface area contributed by atoms with Crippen molar-refractivity contribution in [2.45, 2.75) is 158 Å². The maximum Gasteiger partial charge on any atom is 0.368 e. The third-order valence-corrected chi connectivity index (χ3v) is 13.5. The van der Waals surface area contributed by atoms with Crippen molar-refractivity contribution in [1.82, 2.24) is 4.57 Å². The number of benzene rings is 2.